The van der Waals surface area contributed by atoms with E-state index >= 15 is 0 Å². The van der Waals surface area contributed by atoms with Gasteiger partial charge in [0.1, 0.15) is 29.9 Å². The van der Waals surface area contributed by atoms with Gasteiger partial charge in [0.05, 0.1) is 6.61 Å². The van der Waals surface area contributed by atoms with Gasteiger partial charge in [-0.1, -0.05) is 30.7 Å². The zero-order valence-electron chi connectivity index (χ0n) is 25.7. The molecule has 1 saturated heterocycles. The summed E-state index contributed by atoms with van der Waals surface area (Å²) >= 11 is 0. The molecule has 8 nitrogen and oxygen atoms in total. The SMILES string of the molecule is C=CCCCCC/C=C\c1cc(N(C=O)CC(=O)N2[C@H]3C[C@@]3(COCCCC=C)C[C@H]2C(=O)O)ccc1Oc1ccc(F)cc1. The number of piperidine rings is 1. The zero-order chi connectivity index (χ0) is 32.2. The number of nitrogens with zero attached hydrogens (tertiary/aromatic N) is 2. The number of ether oxygens (including phenoxy) is 2. The first-order valence-corrected chi connectivity index (χ1v) is 15.6. The van der Waals surface area contributed by atoms with Gasteiger partial charge in [0.2, 0.25) is 12.3 Å². The number of halogens is 1. The normalized spacial score (nSPS) is 20.1. The number of carbonyl (C=O) groups is 3. The number of carbonyl (C=O) groups excluding carboxylic acids is 2. The Bertz CT molecular complexity index is 1380. The van der Waals surface area contributed by atoms with Crippen LogP contribution in [-0.4, -0.2) is 60.1 Å². The zero-order valence-corrected chi connectivity index (χ0v) is 25.7. The van der Waals surface area contributed by atoms with Crippen molar-refractivity contribution in [2.75, 3.05) is 24.7 Å². The fourth-order valence-electron chi connectivity index (χ4n) is 5.93. The van der Waals surface area contributed by atoms with E-state index in [1.54, 1.807) is 18.2 Å². The van der Waals surface area contributed by atoms with Crippen LogP contribution in [0.2, 0.25) is 0 Å². The van der Waals surface area contributed by atoms with Crippen LogP contribution in [0.25, 0.3) is 6.08 Å². The summed E-state index contributed by atoms with van der Waals surface area (Å²) in [7, 11) is 0. The third-order valence-corrected chi connectivity index (χ3v) is 8.45. The van der Waals surface area contributed by atoms with Gasteiger partial charge in [-0.25, -0.2) is 9.18 Å². The van der Waals surface area contributed by atoms with Crippen LogP contribution in [0.4, 0.5) is 10.1 Å². The van der Waals surface area contributed by atoms with Gasteiger partial charge in [0.25, 0.3) is 0 Å². The number of amides is 2. The van der Waals surface area contributed by atoms with Gasteiger partial charge < -0.3 is 24.4 Å². The summed E-state index contributed by atoms with van der Waals surface area (Å²) < 4.78 is 25.3. The number of anilines is 1. The minimum Gasteiger partial charge on any atom is -0.480 e. The third kappa shape index (κ3) is 8.91. The molecular weight excluding hydrogens is 575 g/mol. The molecule has 1 N–H and O–H groups in total. The fourth-order valence-corrected chi connectivity index (χ4v) is 5.93. The van der Waals surface area contributed by atoms with E-state index in [1.807, 2.05) is 24.3 Å². The van der Waals surface area contributed by atoms with Gasteiger partial charge in [0.15, 0.2) is 0 Å². The van der Waals surface area contributed by atoms with Crippen molar-refractivity contribution in [2.24, 2.45) is 5.41 Å². The van der Waals surface area contributed by atoms with Gasteiger partial charge in [-0.2, -0.15) is 0 Å². The Labute approximate surface area is 264 Å². The Kier molecular flexibility index (Phi) is 12.1. The van der Waals surface area contributed by atoms with Crippen molar-refractivity contribution in [2.45, 2.75) is 69.9 Å². The van der Waals surface area contributed by atoms with Gasteiger partial charge in [-0.15, -0.1) is 13.2 Å². The van der Waals surface area contributed by atoms with Crippen LogP contribution >= 0.6 is 0 Å². The maximum absolute atomic E-state index is 13.6. The molecule has 4 rings (SSSR count). The molecule has 240 valence electrons. The van der Waals surface area contributed by atoms with Crippen molar-refractivity contribution in [3.05, 3.63) is 85.2 Å². The Morgan fingerprint density at radius 1 is 1.02 bits per heavy atom. The second-order valence-electron chi connectivity index (χ2n) is 11.8. The van der Waals surface area contributed by atoms with E-state index in [2.05, 4.69) is 13.2 Å². The largest absolute Gasteiger partial charge is 0.480 e. The molecule has 2 aromatic carbocycles. The van der Waals surface area contributed by atoms with Crippen LogP contribution in [-0.2, 0) is 19.1 Å². The lowest BCUT2D eigenvalue weighted by molar-refractivity contribution is -0.148. The molecule has 1 heterocycles. The van der Waals surface area contributed by atoms with Crippen molar-refractivity contribution in [3.8, 4) is 11.5 Å². The Morgan fingerprint density at radius 3 is 2.47 bits per heavy atom. The highest BCUT2D eigenvalue weighted by molar-refractivity contribution is 5.92. The highest BCUT2D eigenvalue weighted by atomic mass is 19.1. The molecule has 1 aliphatic carbocycles. The number of rotatable bonds is 20. The predicted octanol–water partition coefficient (Wildman–Crippen LogP) is 7.16. The molecule has 1 saturated carbocycles. The molecule has 9 heteroatoms. The first-order chi connectivity index (χ1) is 21.8. The number of benzene rings is 2. The first-order valence-electron chi connectivity index (χ1n) is 15.6. The summed E-state index contributed by atoms with van der Waals surface area (Å²) in [5.41, 5.74) is 0.790. The van der Waals surface area contributed by atoms with Crippen molar-refractivity contribution < 1.29 is 33.4 Å². The lowest BCUT2D eigenvalue weighted by atomic mass is 10.0. The maximum atomic E-state index is 13.6. The first kappa shape index (κ1) is 33.6. The van der Waals surface area contributed by atoms with Crippen LogP contribution in [0.15, 0.2) is 73.9 Å². The number of fused-ring (bicyclic) bond motifs is 1. The molecule has 0 radical (unpaired) electrons. The molecule has 0 unspecified atom stereocenters. The molecule has 0 bridgehead atoms. The molecule has 2 fully saturated rings. The highest BCUT2D eigenvalue weighted by Gasteiger charge is 2.67. The number of hydrogen-bond acceptors (Lipinski definition) is 5. The second kappa shape index (κ2) is 16.2. The van der Waals surface area contributed by atoms with E-state index in [4.69, 9.17) is 9.47 Å². The number of allylic oxidation sites excluding steroid dienone is 3. The summed E-state index contributed by atoms with van der Waals surface area (Å²) in [5.74, 6) is -0.890. The number of hydrogen-bond donors (Lipinski definition) is 1. The van der Waals surface area contributed by atoms with Crippen LogP contribution in [0.5, 0.6) is 11.5 Å². The standard InChI is InChI=1S/C36H43FN2O6/c1-3-5-7-8-9-10-11-13-27-21-29(16-19-32(27)45-30-17-14-28(37)15-18-30)38(26-40)24-34(41)39-31(35(42)43)22-36(23-33(36)39)25-44-20-12-6-4-2/h3-4,11,13-19,21,26,31,33H,1-2,5-10,12,20,22-25H2,(H,42,43)/b13-11-/t31-,33-,36+/m0/s1. The number of carboxylic acids is 1. The number of unbranched alkanes of at least 4 members (excludes halogenated alkanes) is 5. The molecule has 45 heavy (non-hydrogen) atoms. The third-order valence-electron chi connectivity index (χ3n) is 8.45. The summed E-state index contributed by atoms with van der Waals surface area (Å²) in [6.07, 6.45) is 16.0. The Balaban J connectivity index is 1.48. The van der Waals surface area contributed by atoms with Gasteiger partial charge in [-0.05, 0) is 93.8 Å². The van der Waals surface area contributed by atoms with Crippen LogP contribution in [0, 0.1) is 11.2 Å². The van der Waals surface area contributed by atoms with E-state index in [-0.39, 0.29) is 23.8 Å². The maximum Gasteiger partial charge on any atom is 0.326 e. The predicted molar refractivity (Wildman–Crippen MR) is 173 cm³/mol. The van der Waals surface area contributed by atoms with E-state index < -0.39 is 17.9 Å². The van der Waals surface area contributed by atoms with Crippen molar-refractivity contribution in [1.82, 2.24) is 4.90 Å². The summed E-state index contributed by atoms with van der Waals surface area (Å²) in [5, 5.41) is 9.93. The summed E-state index contributed by atoms with van der Waals surface area (Å²) in [6, 6.07) is 9.64. The lowest BCUT2D eigenvalue weighted by Gasteiger charge is -2.27. The molecule has 2 aromatic rings. The van der Waals surface area contributed by atoms with E-state index in [0.29, 0.717) is 55.2 Å². The average Bonchev–Trinajstić information content (AvgIpc) is 3.63. The van der Waals surface area contributed by atoms with E-state index in [0.717, 1.165) is 44.9 Å². The topological polar surface area (TPSA) is 96.4 Å². The Hall–Kier alpha value is -4.24. The molecular formula is C36H43FN2O6. The average molecular weight is 619 g/mol. The monoisotopic (exact) mass is 618 g/mol. The molecule has 1 aliphatic heterocycles. The van der Waals surface area contributed by atoms with Crippen molar-refractivity contribution in [3.63, 3.8) is 0 Å². The summed E-state index contributed by atoms with van der Waals surface area (Å²) in [4.78, 5) is 40.7. The quantitative estimate of drug-likeness (QED) is 0.0961. The second-order valence-corrected chi connectivity index (χ2v) is 11.8. The van der Waals surface area contributed by atoms with E-state index in [1.165, 1.54) is 34.1 Å². The van der Waals surface area contributed by atoms with Gasteiger partial charge in [-0.3, -0.25) is 9.59 Å². The van der Waals surface area contributed by atoms with Gasteiger partial charge in [0, 0.05) is 29.3 Å². The highest BCUT2D eigenvalue weighted by Crippen LogP contribution is 2.59. The van der Waals surface area contributed by atoms with E-state index in [9.17, 15) is 23.9 Å². The minimum absolute atomic E-state index is 0.226. The number of carboxylic acid groups (broad SMARTS) is 1. The van der Waals surface area contributed by atoms with Crippen LogP contribution < -0.4 is 9.64 Å². The molecule has 0 spiro atoms. The fraction of sp³-hybridized carbons (Fsp3) is 0.417. The number of likely N-dealkylation sites (tertiary alicyclic amines) is 1. The lowest BCUT2D eigenvalue weighted by Crippen LogP contribution is -2.47. The molecule has 2 aliphatic rings. The van der Waals surface area contributed by atoms with Crippen LogP contribution in [0.1, 0.15) is 63.4 Å². The molecule has 3 atom stereocenters. The van der Waals surface area contributed by atoms with Gasteiger partial charge >= 0.3 is 5.97 Å². The molecule has 0 aromatic heterocycles. The molecule has 2 amide bonds. The van der Waals surface area contributed by atoms with Crippen LogP contribution in [0.3, 0.4) is 0 Å². The van der Waals surface area contributed by atoms with Crippen molar-refractivity contribution >= 4 is 30.0 Å². The Morgan fingerprint density at radius 2 is 1.76 bits per heavy atom. The minimum atomic E-state index is -1.06. The summed E-state index contributed by atoms with van der Waals surface area (Å²) in [6.45, 7) is 8.12. The smallest absolute Gasteiger partial charge is 0.326 e. The van der Waals surface area contributed by atoms with Crippen molar-refractivity contribution in [1.29, 1.82) is 0 Å². The number of aliphatic carboxylic acids is 1.